The Labute approximate surface area is 430 Å². The van der Waals surface area contributed by atoms with E-state index in [1.54, 1.807) is 60.7 Å². The normalized spacial score (nSPS) is 16.6. The lowest BCUT2D eigenvalue weighted by atomic mass is 10.0. The zero-order valence-electron chi connectivity index (χ0n) is 41.4. The van der Waals surface area contributed by atoms with Gasteiger partial charge in [-0.25, -0.2) is 4.79 Å². The van der Waals surface area contributed by atoms with Gasteiger partial charge >= 0.3 is 17.9 Å². The number of carbonyl (C=O) groups excluding carboxylic acids is 9. The van der Waals surface area contributed by atoms with Crippen LogP contribution >= 0.6 is 0 Å². The highest BCUT2D eigenvalue weighted by Gasteiger charge is 2.41. The quantitative estimate of drug-likeness (QED) is 0.0317. The summed E-state index contributed by atoms with van der Waals surface area (Å²) in [5.41, 5.74) is 17.5. The number of nitrogens with zero attached hydrogens (tertiary/aromatic N) is 1. The molecule has 75 heavy (non-hydrogen) atoms. The fraction of sp³-hybridized carbons (Fsp3) is 0.500. The van der Waals surface area contributed by atoms with Crippen molar-refractivity contribution in [3.05, 3.63) is 71.8 Å². The van der Waals surface area contributed by atoms with Gasteiger partial charge in [-0.15, -0.1) is 0 Å². The third-order valence-electron chi connectivity index (χ3n) is 11.8. The van der Waals surface area contributed by atoms with Gasteiger partial charge in [0.25, 0.3) is 0 Å². The standard InChI is InChI=1S/C48H67N11O16/c1-25(52-41(67)32(23-37(62)63)55-42(68)30(20-27-12-5-3-6-13-27)54-43(69)31(22-36(50)61)57-46(72)39(51)26(2)60)40(66)58-34(21-28-14-7-4-8-15-28)47(73)59-19-11-17-35(59)45(71)56-33(24-38(64)65)44(70)53-29(48(74)75)16-9-10-18-49/h3-8,12-15,25-26,29-35,39,60H,9-11,16-24,49,51H2,1-2H3,(H2,50,61)(H,52,67)(H,53,70)(H,54,69)(H,55,68)(H,56,71)(H,57,72)(H,58,66)(H,62,63)(H,64,65)(H,74,75)/t25-,26+,29-,30-,31-,32-,33-,34-,35-,39-/m0/s1. The number of aliphatic hydroxyl groups is 1. The first-order valence-corrected chi connectivity index (χ1v) is 24.0. The Morgan fingerprint density at radius 1 is 0.587 bits per heavy atom. The summed E-state index contributed by atoms with van der Waals surface area (Å²) >= 11 is 0. The molecule has 1 fully saturated rings. The van der Waals surface area contributed by atoms with Gasteiger partial charge in [0.1, 0.15) is 54.4 Å². The average Bonchev–Trinajstić information content (AvgIpc) is 3.85. The largest absolute Gasteiger partial charge is 0.481 e. The van der Waals surface area contributed by atoms with Gasteiger partial charge in [0.05, 0.1) is 25.4 Å². The molecule has 410 valence electrons. The summed E-state index contributed by atoms with van der Waals surface area (Å²) in [7, 11) is 0. The second kappa shape index (κ2) is 30.2. The molecule has 0 radical (unpaired) electrons. The van der Waals surface area contributed by atoms with Crippen LogP contribution in [0, 0.1) is 0 Å². The molecule has 0 spiro atoms. The third-order valence-corrected chi connectivity index (χ3v) is 11.8. The molecule has 1 aliphatic heterocycles. The van der Waals surface area contributed by atoms with Crippen molar-refractivity contribution in [3.8, 4) is 0 Å². The van der Waals surface area contributed by atoms with E-state index in [0.29, 0.717) is 24.0 Å². The lowest BCUT2D eigenvalue weighted by molar-refractivity contribution is -0.145. The van der Waals surface area contributed by atoms with Crippen molar-refractivity contribution in [2.75, 3.05) is 13.1 Å². The first kappa shape index (κ1) is 61.3. The Bertz CT molecular complexity index is 2360. The summed E-state index contributed by atoms with van der Waals surface area (Å²) in [5, 5.41) is 55.1. The minimum Gasteiger partial charge on any atom is -0.481 e. The molecule has 0 unspecified atom stereocenters. The van der Waals surface area contributed by atoms with Crippen LogP contribution in [0.1, 0.15) is 76.3 Å². The van der Waals surface area contributed by atoms with Crippen LogP contribution in [0.15, 0.2) is 60.7 Å². The van der Waals surface area contributed by atoms with Gasteiger partial charge in [0, 0.05) is 19.4 Å². The van der Waals surface area contributed by atoms with E-state index >= 15 is 0 Å². The summed E-state index contributed by atoms with van der Waals surface area (Å²) in [5.74, 6) is -13.8. The number of likely N-dealkylation sites (tertiary alicyclic amines) is 1. The number of primary amides is 1. The van der Waals surface area contributed by atoms with Crippen LogP contribution in [0.2, 0.25) is 0 Å². The van der Waals surface area contributed by atoms with Crippen LogP contribution in [-0.2, 0) is 70.4 Å². The fourth-order valence-corrected chi connectivity index (χ4v) is 7.79. The number of benzene rings is 2. The van der Waals surface area contributed by atoms with Crippen LogP contribution in [0.3, 0.4) is 0 Å². The molecule has 2 aromatic rings. The van der Waals surface area contributed by atoms with Gasteiger partial charge < -0.3 is 79.7 Å². The van der Waals surface area contributed by atoms with Gasteiger partial charge in [-0.2, -0.15) is 0 Å². The summed E-state index contributed by atoms with van der Waals surface area (Å²) in [6.07, 6.45) is -3.51. The van der Waals surface area contributed by atoms with Gasteiger partial charge in [0.2, 0.25) is 53.2 Å². The molecule has 17 N–H and O–H groups in total. The Hall–Kier alpha value is -8.04. The monoisotopic (exact) mass is 1050 g/mol. The molecule has 10 atom stereocenters. The minimum atomic E-state index is -1.91. The molecule has 27 heteroatoms. The van der Waals surface area contributed by atoms with E-state index in [1.165, 1.54) is 13.8 Å². The van der Waals surface area contributed by atoms with E-state index in [2.05, 4.69) is 37.2 Å². The van der Waals surface area contributed by atoms with E-state index < -0.39 is 151 Å². The fourth-order valence-electron chi connectivity index (χ4n) is 7.79. The Balaban J connectivity index is 1.85. The summed E-state index contributed by atoms with van der Waals surface area (Å²) < 4.78 is 0. The molecule has 9 amide bonds. The molecule has 2 aromatic carbocycles. The number of aliphatic carboxylic acids is 3. The van der Waals surface area contributed by atoms with Crippen molar-refractivity contribution >= 4 is 71.1 Å². The first-order valence-electron chi connectivity index (χ1n) is 24.0. The van der Waals surface area contributed by atoms with Crippen LogP contribution in [-0.4, -0.2) is 170 Å². The summed E-state index contributed by atoms with van der Waals surface area (Å²) in [4.78, 5) is 158. The molecule has 1 heterocycles. The number of carboxylic acids is 3. The lowest BCUT2D eigenvalue weighted by Gasteiger charge is -2.30. The number of nitrogens with two attached hydrogens (primary N) is 3. The predicted octanol–water partition coefficient (Wildman–Crippen LogP) is -4.38. The number of hydrogen-bond acceptors (Lipinski definition) is 15. The van der Waals surface area contributed by atoms with Crippen LogP contribution in [0.5, 0.6) is 0 Å². The van der Waals surface area contributed by atoms with Crippen molar-refractivity contribution in [1.29, 1.82) is 0 Å². The highest BCUT2D eigenvalue weighted by atomic mass is 16.4. The number of unbranched alkanes of at least 4 members (excludes halogenated alkanes) is 1. The molecule has 1 saturated heterocycles. The van der Waals surface area contributed by atoms with Crippen molar-refractivity contribution in [2.24, 2.45) is 17.2 Å². The maximum Gasteiger partial charge on any atom is 0.326 e. The zero-order valence-corrected chi connectivity index (χ0v) is 41.4. The number of hydrogen-bond donors (Lipinski definition) is 14. The molecule has 0 aromatic heterocycles. The third kappa shape index (κ3) is 20.4. The Morgan fingerprint density at radius 2 is 1.04 bits per heavy atom. The van der Waals surface area contributed by atoms with Gasteiger partial charge in [-0.1, -0.05) is 60.7 Å². The van der Waals surface area contributed by atoms with Crippen LogP contribution in [0.4, 0.5) is 0 Å². The second-order valence-corrected chi connectivity index (χ2v) is 17.9. The number of carboxylic acid groups (broad SMARTS) is 3. The van der Waals surface area contributed by atoms with Gasteiger partial charge in [-0.05, 0) is 63.6 Å². The second-order valence-electron chi connectivity index (χ2n) is 17.9. The van der Waals surface area contributed by atoms with Gasteiger partial charge in [-0.3, -0.25) is 52.7 Å². The molecular weight excluding hydrogens is 987 g/mol. The van der Waals surface area contributed by atoms with Crippen molar-refractivity contribution in [2.45, 2.75) is 139 Å². The Morgan fingerprint density at radius 3 is 1.55 bits per heavy atom. The SMILES string of the molecule is C[C@H](NC(=O)[C@H](CC(=O)O)NC(=O)[C@H](Cc1ccccc1)NC(=O)[C@H](CC(N)=O)NC(=O)[C@@H](N)[C@@H](C)O)C(=O)N[C@@H](Cc1ccccc1)C(=O)N1CCC[C@H]1C(=O)N[C@@H](CC(=O)O)C(=O)N[C@@H](CCCCN)C(=O)O. The number of aliphatic hydroxyl groups excluding tert-OH is 1. The molecule has 27 nitrogen and oxygen atoms in total. The number of nitrogens with one attached hydrogen (secondary N) is 7. The van der Waals surface area contributed by atoms with E-state index in [1.807, 2.05) is 0 Å². The highest BCUT2D eigenvalue weighted by molar-refractivity contribution is 6.00. The topological polar surface area (TPSA) is 451 Å². The van der Waals surface area contributed by atoms with E-state index in [-0.39, 0.29) is 45.2 Å². The molecule has 1 aliphatic rings. The average molecular weight is 1050 g/mol. The number of carbonyl (C=O) groups is 12. The Kier molecular flexibility index (Phi) is 24.7. The maximum absolute atomic E-state index is 14.4. The van der Waals surface area contributed by atoms with E-state index in [0.717, 1.165) is 4.90 Å². The smallest absolute Gasteiger partial charge is 0.326 e. The lowest BCUT2D eigenvalue weighted by Crippen LogP contribution is -2.61. The summed E-state index contributed by atoms with van der Waals surface area (Å²) in [6, 6.07) is 2.18. The van der Waals surface area contributed by atoms with Crippen LogP contribution in [0.25, 0.3) is 0 Å². The minimum absolute atomic E-state index is 0.0255. The predicted molar refractivity (Wildman–Crippen MR) is 263 cm³/mol. The molecule has 0 aliphatic carbocycles. The van der Waals surface area contributed by atoms with Gasteiger partial charge in [0.15, 0.2) is 0 Å². The molecule has 0 saturated carbocycles. The van der Waals surface area contributed by atoms with Crippen molar-refractivity contribution in [3.63, 3.8) is 0 Å². The number of amides is 9. The first-order chi connectivity index (χ1) is 35.4. The maximum atomic E-state index is 14.4. The molecular formula is C48H67N11O16. The van der Waals surface area contributed by atoms with Crippen molar-refractivity contribution < 1.29 is 78.0 Å². The van der Waals surface area contributed by atoms with E-state index in [4.69, 9.17) is 17.2 Å². The zero-order chi connectivity index (χ0) is 55.9. The molecule has 0 bridgehead atoms. The summed E-state index contributed by atoms with van der Waals surface area (Å²) in [6.45, 7) is 2.63. The van der Waals surface area contributed by atoms with Crippen LogP contribution < -0.4 is 54.4 Å². The van der Waals surface area contributed by atoms with Crippen molar-refractivity contribution in [1.82, 2.24) is 42.1 Å². The number of rotatable bonds is 31. The highest BCUT2D eigenvalue weighted by Crippen LogP contribution is 2.21. The molecule has 3 rings (SSSR count). The van der Waals surface area contributed by atoms with E-state index in [9.17, 15) is 78.0 Å².